The molecule has 0 aliphatic carbocycles. The second kappa shape index (κ2) is 7.56. The van der Waals surface area contributed by atoms with E-state index in [2.05, 4.69) is 9.62 Å². The molecule has 1 aliphatic rings. The van der Waals surface area contributed by atoms with E-state index in [1.54, 1.807) is 12.1 Å². The van der Waals surface area contributed by atoms with Crippen molar-refractivity contribution in [2.24, 2.45) is 5.73 Å². The van der Waals surface area contributed by atoms with Crippen LogP contribution in [0.4, 0.5) is 0 Å². The van der Waals surface area contributed by atoms with Crippen molar-refractivity contribution >= 4 is 21.6 Å². The van der Waals surface area contributed by atoms with E-state index >= 15 is 0 Å². The van der Waals surface area contributed by atoms with Gasteiger partial charge in [-0.05, 0) is 43.6 Å². The molecule has 0 unspecified atom stereocenters. The maximum atomic E-state index is 12.3. The third-order valence-electron chi connectivity index (χ3n) is 3.69. The lowest BCUT2D eigenvalue weighted by Crippen LogP contribution is -2.37. The van der Waals surface area contributed by atoms with Gasteiger partial charge in [-0.2, -0.15) is 0 Å². The van der Waals surface area contributed by atoms with Gasteiger partial charge in [-0.1, -0.05) is 24.1 Å². The summed E-state index contributed by atoms with van der Waals surface area (Å²) in [5.41, 5.74) is 6.29. The predicted octanol–water partition coefficient (Wildman–Crippen LogP) is 1.56. The maximum absolute atomic E-state index is 12.3. The van der Waals surface area contributed by atoms with E-state index in [0.29, 0.717) is 6.54 Å². The number of likely N-dealkylation sites (tertiary alicyclic amines) is 1. The van der Waals surface area contributed by atoms with Gasteiger partial charge in [-0.25, -0.2) is 13.1 Å². The highest BCUT2D eigenvalue weighted by atomic mass is 35.5. The first-order valence-corrected chi connectivity index (χ1v) is 9.09. The van der Waals surface area contributed by atoms with E-state index < -0.39 is 10.0 Å². The Hall–Kier alpha value is -0.660. The Bertz CT molecular complexity index is 572. The van der Waals surface area contributed by atoms with Gasteiger partial charge in [-0.3, -0.25) is 0 Å². The van der Waals surface area contributed by atoms with Crippen LogP contribution in [0.25, 0.3) is 0 Å². The molecule has 1 heterocycles. The molecule has 0 atom stereocenters. The van der Waals surface area contributed by atoms with Crippen molar-refractivity contribution in [1.29, 1.82) is 0 Å². The molecule has 118 valence electrons. The zero-order valence-electron chi connectivity index (χ0n) is 12.0. The van der Waals surface area contributed by atoms with Crippen molar-refractivity contribution in [3.63, 3.8) is 0 Å². The number of nitrogens with zero attached hydrogens (tertiary/aromatic N) is 1. The van der Waals surface area contributed by atoms with Crippen LogP contribution in [0.5, 0.6) is 0 Å². The number of sulfonamides is 1. The number of benzene rings is 1. The fourth-order valence-corrected chi connectivity index (χ4v) is 4.05. The van der Waals surface area contributed by atoms with Gasteiger partial charge in [0.1, 0.15) is 4.90 Å². The average Bonchev–Trinajstić information content (AvgIpc) is 2.48. The fraction of sp³-hybridized carbons (Fsp3) is 0.571. The average molecular weight is 332 g/mol. The second-order valence-electron chi connectivity index (χ2n) is 5.27. The summed E-state index contributed by atoms with van der Waals surface area (Å²) >= 11 is 5.99. The van der Waals surface area contributed by atoms with Gasteiger partial charge in [0, 0.05) is 19.6 Å². The molecule has 2 rings (SSSR count). The topological polar surface area (TPSA) is 75.4 Å². The molecule has 1 saturated heterocycles. The molecule has 7 heteroatoms. The van der Waals surface area contributed by atoms with Crippen LogP contribution in [-0.2, 0) is 16.6 Å². The zero-order chi connectivity index (χ0) is 15.3. The van der Waals surface area contributed by atoms with Crippen LogP contribution in [0.3, 0.4) is 0 Å². The highest BCUT2D eigenvalue weighted by Crippen LogP contribution is 2.22. The van der Waals surface area contributed by atoms with Gasteiger partial charge in [0.05, 0.1) is 5.02 Å². The lowest BCUT2D eigenvalue weighted by molar-refractivity contribution is 0.233. The smallest absolute Gasteiger partial charge is 0.242 e. The number of rotatable bonds is 6. The van der Waals surface area contributed by atoms with Crippen molar-refractivity contribution < 1.29 is 8.42 Å². The Kier molecular flexibility index (Phi) is 6.01. The van der Waals surface area contributed by atoms with E-state index in [1.165, 1.54) is 25.3 Å². The lowest BCUT2D eigenvalue weighted by atomic mass is 10.1. The molecule has 0 aromatic heterocycles. The lowest BCUT2D eigenvalue weighted by Gasteiger charge is -2.26. The van der Waals surface area contributed by atoms with E-state index in [1.807, 2.05) is 0 Å². The summed E-state index contributed by atoms with van der Waals surface area (Å²) in [7, 11) is -3.59. The third-order valence-corrected chi connectivity index (χ3v) is 5.63. The molecule has 0 radical (unpaired) electrons. The first-order valence-electron chi connectivity index (χ1n) is 7.23. The third kappa shape index (κ3) is 4.66. The Morgan fingerprint density at radius 2 is 1.95 bits per heavy atom. The number of hydrogen-bond donors (Lipinski definition) is 2. The Balaban J connectivity index is 1.97. The van der Waals surface area contributed by atoms with Gasteiger partial charge in [0.25, 0.3) is 0 Å². The molecule has 0 bridgehead atoms. The molecule has 1 fully saturated rings. The number of piperidine rings is 1. The molecule has 3 N–H and O–H groups in total. The van der Waals surface area contributed by atoms with Crippen LogP contribution < -0.4 is 10.5 Å². The Morgan fingerprint density at radius 3 is 2.62 bits per heavy atom. The SMILES string of the molecule is NCc1ccc(Cl)c(S(=O)(=O)NCCN2CCCCC2)c1. The molecular weight excluding hydrogens is 310 g/mol. The summed E-state index contributed by atoms with van der Waals surface area (Å²) in [6, 6.07) is 4.84. The van der Waals surface area contributed by atoms with E-state index in [9.17, 15) is 8.42 Å². The molecule has 5 nitrogen and oxygen atoms in total. The first-order chi connectivity index (χ1) is 10.0. The highest BCUT2D eigenvalue weighted by molar-refractivity contribution is 7.89. The number of nitrogens with one attached hydrogen (secondary N) is 1. The number of halogens is 1. The highest BCUT2D eigenvalue weighted by Gasteiger charge is 2.18. The molecule has 0 amide bonds. The van der Waals surface area contributed by atoms with Crippen LogP contribution >= 0.6 is 11.6 Å². The van der Waals surface area contributed by atoms with Crippen molar-refractivity contribution in [1.82, 2.24) is 9.62 Å². The molecular formula is C14H22ClN3O2S. The van der Waals surface area contributed by atoms with E-state index in [4.69, 9.17) is 17.3 Å². The van der Waals surface area contributed by atoms with Crippen LogP contribution in [0.1, 0.15) is 24.8 Å². The Labute approximate surface area is 131 Å². The van der Waals surface area contributed by atoms with Crippen LogP contribution in [0.15, 0.2) is 23.1 Å². The summed E-state index contributed by atoms with van der Waals surface area (Å²) in [4.78, 5) is 2.38. The zero-order valence-corrected chi connectivity index (χ0v) is 13.6. The van der Waals surface area contributed by atoms with Crippen molar-refractivity contribution in [3.8, 4) is 0 Å². The standard InChI is InChI=1S/C14H22ClN3O2S/c15-13-5-4-12(11-16)10-14(13)21(19,20)17-6-9-18-7-2-1-3-8-18/h4-5,10,17H,1-3,6-9,11,16H2. The molecule has 1 aliphatic heterocycles. The summed E-state index contributed by atoms with van der Waals surface area (Å²) in [6.07, 6.45) is 3.65. The normalized spacial score (nSPS) is 17.0. The van der Waals surface area contributed by atoms with Gasteiger partial charge in [0.2, 0.25) is 10.0 Å². The van der Waals surface area contributed by atoms with Gasteiger partial charge < -0.3 is 10.6 Å². The fourth-order valence-electron chi connectivity index (χ4n) is 2.48. The van der Waals surface area contributed by atoms with Gasteiger partial charge in [-0.15, -0.1) is 0 Å². The summed E-state index contributed by atoms with van der Waals surface area (Å²) in [5.74, 6) is 0. The number of nitrogens with two attached hydrogens (primary N) is 1. The van der Waals surface area contributed by atoms with Crippen LogP contribution in [-0.4, -0.2) is 39.5 Å². The summed E-state index contributed by atoms with van der Waals surface area (Å²) in [6.45, 7) is 3.50. The predicted molar refractivity (Wildman–Crippen MR) is 84.8 cm³/mol. The van der Waals surface area contributed by atoms with Gasteiger partial charge in [0.15, 0.2) is 0 Å². The second-order valence-corrected chi connectivity index (χ2v) is 7.41. The minimum Gasteiger partial charge on any atom is -0.326 e. The van der Waals surface area contributed by atoms with Crippen LogP contribution in [0, 0.1) is 0 Å². The van der Waals surface area contributed by atoms with E-state index in [-0.39, 0.29) is 16.5 Å². The van der Waals surface area contributed by atoms with Crippen molar-refractivity contribution in [2.75, 3.05) is 26.2 Å². The minimum absolute atomic E-state index is 0.103. The maximum Gasteiger partial charge on any atom is 0.242 e. The number of hydrogen-bond acceptors (Lipinski definition) is 4. The molecule has 0 saturated carbocycles. The molecule has 0 spiro atoms. The van der Waals surface area contributed by atoms with Crippen molar-refractivity contribution in [3.05, 3.63) is 28.8 Å². The van der Waals surface area contributed by atoms with Crippen molar-refractivity contribution in [2.45, 2.75) is 30.7 Å². The minimum atomic E-state index is -3.59. The van der Waals surface area contributed by atoms with Gasteiger partial charge >= 0.3 is 0 Å². The largest absolute Gasteiger partial charge is 0.326 e. The quantitative estimate of drug-likeness (QED) is 0.829. The summed E-state index contributed by atoms with van der Waals surface area (Å²) in [5, 5.41) is 0.220. The molecule has 21 heavy (non-hydrogen) atoms. The molecule has 1 aromatic carbocycles. The van der Waals surface area contributed by atoms with E-state index in [0.717, 1.165) is 25.2 Å². The monoisotopic (exact) mass is 331 g/mol. The van der Waals surface area contributed by atoms with Crippen LogP contribution in [0.2, 0.25) is 5.02 Å². The molecule has 1 aromatic rings. The Morgan fingerprint density at radius 1 is 1.24 bits per heavy atom. The first kappa shape index (κ1) is 16.7. The summed E-state index contributed by atoms with van der Waals surface area (Å²) < 4.78 is 27.2.